The molecule has 0 saturated carbocycles. The van der Waals surface area contributed by atoms with Crippen molar-refractivity contribution in [3.63, 3.8) is 0 Å². The number of primary amides is 1. The fraction of sp³-hybridized carbons (Fsp3) is 0.385. The Morgan fingerprint density at radius 1 is 1.24 bits per heavy atom. The summed E-state index contributed by atoms with van der Waals surface area (Å²) >= 11 is 0. The van der Waals surface area contributed by atoms with Crippen molar-refractivity contribution in [2.24, 2.45) is 5.73 Å². The van der Waals surface area contributed by atoms with Crippen LogP contribution in [-0.2, 0) is 21.0 Å². The topological polar surface area (TPSA) is 122 Å². The van der Waals surface area contributed by atoms with E-state index in [1.54, 1.807) is 6.07 Å². The molecule has 2 amide bonds. The van der Waals surface area contributed by atoms with E-state index in [-0.39, 0.29) is 12.2 Å². The normalized spacial score (nSPS) is 13.5. The number of carbonyl (C=O) groups is 2. The number of halogens is 1. The molecule has 0 spiro atoms. The first-order chi connectivity index (χ1) is 9.90. The number of nitrogens with one attached hydrogen (secondary N) is 1. The average Bonchev–Trinajstić information content (AvgIpc) is 2.40. The monoisotopic (exact) mass is 300 g/mol. The van der Waals surface area contributed by atoms with Gasteiger partial charge in [0.25, 0.3) is 0 Å². The minimum Gasteiger partial charge on any atom is -0.390 e. The van der Waals surface area contributed by atoms with E-state index in [1.807, 2.05) is 5.48 Å². The van der Waals surface area contributed by atoms with E-state index in [0.29, 0.717) is 0 Å². The average molecular weight is 300 g/mol. The van der Waals surface area contributed by atoms with Crippen molar-refractivity contribution in [1.82, 2.24) is 5.48 Å². The first-order valence-electron chi connectivity index (χ1n) is 6.18. The molecule has 116 valence electrons. The molecule has 0 fully saturated rings. The minimum atomic E-state index is -1.45. The molecule has 0 aliphatic carbocycles. The molecule has 0 bridgehead atoms. The van der Waals surface area contributed by atoms with Crippen LogP contribution in [0.1, 0.15) is 18.4 Å². The number of amides is 2. The maximum Gasteiger partial charge on any atom is 0.246 e. The second kappa shape index (κ2) is 8.30. The lowest BCUT2D eigenvalue weighted by atomic mass is 10.1. The van der Waals surface area contributed by atoms with Crippen LogP contribution < -0.4 is 11.2 Å². The lowest BCUT2D eigenvalue weighted by Crippen LogP contribution is -2.36. The van der Waals surface area contributed by atoms with Crippen molar-refractivity contribution < 1.29 is 29.0 Å². The molecule has 1 aromatic rings. The lowest BCUT2D eigenvalue weighted by molar-refractivity contribution is -0.139. The number of carbonyl (C=O) groups excluding carboxylic acids is 2. The van der Waals surface area contributed by atoms with Gasteiger partial charge in [0.05, 0.1) is 25.0 Å². The van der Waals surface area contributed by atoms with Gasteiger partial charge in [-0.1, -0.05) is 18.2 Å². The van der Waals surface area contributed by atoms with Crippen LogP contribution in [-0.4, -0.2) is 34.2 Å². The standard InChI is InChI=1S/C13H17FN2O5/c14-9-4-2-1-3-8(9)7-21-16-13(20)6-11(18)10(17)5-12(15)19/h1-4,10-11,17-18H,5-7H2,(H2,15,19)(H,16,20). The third-order valence-corrected chi connectivity index (χ3v) is 2.62. The van der Waals surface area contributed by atoms with Gasteiger partial charge in [0.15, 0.2) is 0 Å². The summed E-state index contributed by atoms with van der Waals surface area (Å²) in [6.07, 6.45) is -3.81. The zero-order valence-corrected chi connectivity index (χ0v) is 11.2. The largest absolute Gasteiger partial charge is 0.390 e. The molecule has 7 nitrogen and oxygen atoms in total. The van der Waals surface area contributed by atoms with Crippen molar-refractivity contribution in [3.05, 3.63) is 35.6 Å². The predicted octanol–water partition coefficient (Wildman–Crippen LogP) is -0.639. The highest BCUT2D eigenvalue weighted by Crippen LogP contribution is 2.07. The van der Waals surface area contributed by atoms with E-state index >= 15 is 0 Å². The van der Waals surface area contributed by atoms with Crippen LogP contribution in [0, 0.1) is 5.82 Å². The molecular weight excluding hydrogens is 283 g/mol. The van der Waals surface area contributed by atoms with Gasteiger partial charge in [0.1, 0.15) is 12.4 Å². The number of rotatable bonds is 8. The molecule has 0 aromatic heterocycles. The van der Waals surface area contributed by atoms with Crippen LogP contribution >= 0.6 is 0 Å². The highest BCUT2D eigenvalue weighted by molar-refractivity contribution is 5.76. The number of hydroxylamine groups is 1. The van der Waals surface area contributed by atoms with Crippen LogP contribution in [0.4, 0.5) is 4.39 Å². The fourth-order valence-electron chi connectivity index (χ4n) is 1.52. The molecule has 5 N–H and O–H groups in total. The van der Waals surface area contributed by atoms with Gasteiger partial charge in [-0.3, -0.25) is 14.4 Å². The summed E-state index contributed by atoms with van der Waals surface area (Å²) in [5, 5.41) is 18.8. The second-order valence-corrected chi connectivity index (χ2v) is 4.41. The van der Waals surface area contributed by atoms with Crippen molar-refractivity contribution in [2.75, 3.05) is 0 Å². The zero-order chi connectivity index (χ0) is 15.8. The highest BCUT2D eigenvalue weighted by Gasteiger charge is 2.21. The second-order valence-electron chi connectivity index (χ2n) is 4.41. The van der Waals surface area contributed by atoms with E-state index in [1.165, 1.54) is 18.2 Å². The first-order valence-corrected chi connectivity index (χ1v) is 6.18. The van der Waals surface area contributed by atoms with Crippen molar-refractivity contribution in [2.45, 2.75) is 31.7 Å². The number of aliphatic hydroxyl groups is 2. The Morgan fingerprint density at radius 2 is 1.86 bits per heavy atom. The molecule has 21 heavy (non-hydrogen) atoms. The van der Waals surface area contributed by atoms with Crippen molar-refractivity contribution in [1.29, 1.82) is 0 Å². The van der Waals surface area contributed by atoms with Gasteiger partial charge in [0, 0.05) is 5.56 Å². The fourth-order valence-corrected chi connectivity index (χ4v) is 1.52. The molecule has 0 heterocycles. The van der Waals surface area contributed by atoms with Gasteiger partial charge in [0.2, 0.25) is 11.8 Å². The van der Waals surface area contributed by atoms with Crippen molar-refractivity contribution in [3.8, 4) is 0 Å². The van der Waals surface area contributed by atoms with Gasteiger partial charge in [-0.05, 0) is 6.07 Å². The van der Waals surface area contributed by atoms with E-state index < -0.39 is 42.7 Å². The van der Waals surface area contributed by atoms with Gasteiger partial charge < -0.3 is 15.9 Å². The molecule has 2 unspecified atom stereocenters. The molecule has 1 aromatic carbocycles. The maximum atomic E-state index is 13.2. The molecular formula is C13H17FN2O5. The Kier molecular flexibility index (Phi) is 6.73. The Hall–Kier alpha value is -2.03. The molecule has 1 rings (SSSR count). The Bertz CT molecular complexity index is 497. The van der Waals surface area contributed by atoms with E-state index in [9.17, 15) is 24.2 Å². The quantitative estimate of drug-likeness (QED) is 0.476. The van der Waals surface area contributed by atoms with Crippen LogP contribution in [0.2, 0.25) is 0 Å². The Morgan fingerprint density at radius 3 is 2.48 bits per heavy atom. The molecule has 0 aliphatic heterocycles. The molecule has 0 radical (unpaired) electrons. The SMILES string of the molecule is NC(=O)CC(O)C(O)CC(=O)NOCc1ccccc1F. The predicted molar refractivity (Wildman–Crippen MR) is 69.8 cm³/mol. The molecule has 8 heteroatoms. The van der Waals surface area contributed by atoms with Gasteiger partial charge in [-0.2, -0.15) is 0 Å². The van der Waals surface area contributed by atoms with Crippen LogP contribution in [0.25, 0.3) is 0 Å². The van der Waals surface area contributed by atoms with Crippen LogP contribution in [0.3, 0.4) is 0 Å². The van der Waals surface area contributed by atoms with Crippen molar-refractivity contribution >= 4 is 11.8 Å². The number of aliphatic hydroxyl groups excluding tert-OH is 2. The van der Waals surface area contributed by atoms with Crippen LogP contribution in [0.15, 0.2) is 24.3 Å². The summed E-state index contributed by atoms with van der Waals surface area (Å²) in [4.78, 5) is 26.8. The number of hydrogen-bond acceptors (Lipinski definition) is 5. The Balaban J connectivity index is 2.31. The summed E-state index contributed by atoms with van der Waals surface area (Å²) in [5.74, 6) is -1.98. The summed E-state index contributed by atoms with van der Waals surface area (Å²) in [6, 6.07) is 5.89. The summed E-state index contributed by atoms with van der Waals surface area (Å²) in [5.41, 5.74) is 7.11. The Labute approximate surface area is 120 Å². The lowest BCUT2D eigenvalue weighted by Gasteiger charge is -2.15. The van der Waals surface area contributed by atoms with Crippen LogP contribution in [0.5, 0.6) is 0 Å². The maximum absolute atomic E-state index is 13.2. The third kappa shape index (κ3) is 6.30. The van der Waals surface area contributed by atoms with Gasteiger partial charge >= 0.3 is 0 Å². The molecule has 0 aliphatic rings. The van der Waals surface area contributed by atoms with E-state index in [4.69, 9.17) is 10.6 Å². The summed E-state index contributed by atoms with van der Waals surface area (Å²) in [6.45, 7) is -0.182. The number of nitrogens with two attached hydrogens (primary N) is 1. The van der Waals surface area contributed by atoms with Gasteiger partial charge in [-0.15, -0.1) is 0 Å². The zero-order valence-electron chi connectivity index (χ0n) is 11.2. The summed E-state index contributed by atoms with van der Waals surface area (Å²) in [7, 11) is 0. The van der Waals surface area contributed by atoms with Gasteiger partial charge in [-0.25, -0.2) is 9.87 Å². The smallest absolute Gasteiger partial charge is 0.246 e. The van der Waals surface area contributed by atoms with E-state index in [0.717, 1.165) is 0 Å². The molecule has 2 atom stereocenters. The number of hydrogen-bond donors (Lipinski definition) is 4. The minimum absolute atomic E-state index is 0.182. The van der Waals surface area contributed by atoms with E-state index in [2.05, 4.69) is 0 Å². The first kappa shape index (κ1) is 17.0. The number of benzene rings is 1. The summed E-state index contributed by atoms with van der Waals surface area (Å²) < 4.78 is 13.2. The highest BCUT2D eigenvalue weighted by atomic mass is 19.1. The third-order valence-electron chi connectivity index (χ3n) is 2.62. The molecule has 0 saturated heterocycles.